The number of amides is 1. The van der Waals surface area contributed by atoms with Crippen LogP contribution in [-0.2, 0) is 6.42 Å². The molecule has 0 aromatic heterocycles. The fourth-order valence-electron chi connectivity index (χ4n) is 2.07. The summed E-state index contributed by atoms with van der Waals surface area (Å²) < 4.78 is 10.6. The number of anilines is 1. The van der Waals surface area contributed by atoms with Crippen LogP contribution in [0.5, 0.6) is 11.5 Å². The highest BCUT2D eigenvalue weighted by atomic mass is 35.5. The van der Waals surface area contributed by atoms with Crippen molar-refractivity contribution in [1.82, 2.24) is 0 Å². The van der Waals surface area contributed by atoms with Gasteiger partial charge in [0.1, 0.15) is 0 Å². The summed E-state index contributed by atoms with van der Waals surface area (Å²) in [4.78, 5) is 12.1. The van der Waals surface area contributed by atoms with E-state index in [1.54, 1.807) is 30.3 Å². The molecule has 0 spiro atoms. The summed E-state index contributed by atoms with van der Waals surface area (Å²) in [5.74, 6) is 0.833. The molecule has 0 saturated carbocycles. The standard InChI is InChI=1S/C18H18ClNO3/c1-4-6-13-9-10-16(17(11-13)22-3)23-18(21)20-15-8-5-7-14(19)12(15)2/h4-5,7-11H,1,6H2,2-3H3,(H,20,21). The summed E-state index contributed by atoms with van der Waals surface area (Å²) in [5, 5.41) is 3.25. The van der Waals surface area contributed by atoms with Gasteiger partial charge in [-0.3, -0.25) is 5.32 Å². The zero-order valence-electron chi connectivity index (χ0n) is 13.1. The molecule has 0 fully saturated rings. The molecule has 0 radical (unpaired) electrons. The van der Waals surface area contributed by atoms with Crippen LogP contribution in [0, 0.1) is 6.92 Å². The minimum atomic E-state index is -0.606. The maximum atomic E-state index is 12.1. The van der Waals surface area contributed by atoms with Gasteiger partial charge in [0, 0.05) is 10.7 Å². The topological polar surface area (TPSA) is 47.6 Å². The van der Waals surface area contributed by atoms with Crippen molar-refractivity contribution in [3.05, 3.63) is 65.2 Å². The number of halogens is 1. The Bertz CT molecular complexity index is 728. The van der Waals surface area contributed by atoms with Gasteiger partial charge in [0.25, 0.3) is 0 Å². The number of allylic oxidation sites excluding steroid dienone is 1. The lowest BCUT2D eigenvalue weighted by atomic mass is 10.1. The van der Waals surface area contributed by atoms with E-state index in [0.29, 0.717) is 28.6 Å². The Labute approximate surface area is 140 Å². The van der Waals surface area contributed by atoms with Gasteiger partial charge in [0.15, 0.2) is 11.5 Å². The maximum absolute atomic E-state index is 12.1. The molecule has 0 aliphatic rings. The highest BCUT2D eigenvalue weighted by Gasteiger charge is 2.12. The summed E-state index contributed by atoms with van der Waals surface area (Å²) in [6, 6.07) is 10.6. The van der Waals surface area contributed by atoms with Crippen LogP contribution in [0.25, 0.3) is 0 Å². The summed E-state index contributed by atoms with van der Waals surface area (Å²) in [5.41, 5.74) is 2.40. The van der Waals surface area contributed by atoms with Crippen LogP contribution in [0.15, 0.2) is 49.1 Å². The van der Waals surface area contributed by atoms with Crippen LogP contribution in [0.4, 0.5) is 10.5 Å². The molecule has 0 bridgehead atoms. The van der Waals surface area contributed by atoms with E-state index in [1.807, 2.05) is 19.1 Å². The molecular formula is C18H18ClNO3. The van der Waals surface area contributed by atoms with Gasteiger partial charge in [-0.15, -0.1) is 6.58 Å². The van der Waals surface area contributed by atoms with E-state index >= 15 is 0 Å². The smallest absolute Gasteiger partial charge is 0.417 e. The van der Waals surface area contributed by atoms with E-state index in [4.69, 9.17) is 21.1 Å². The Morgan fingerprint density at radius 1 is 1.30 bits per heavy atom. The van der Waals surface area contributed by atoms with Gasteiger partial charge in [-0.05, 0) is 48.7 Å². The third-order valence-corrected chi connectivity index (χ3v) is 3.72. The average Bonchev–Trinajstić information content (AvgIpc) is 2.53. The molecular weight excluding hydrogens is 314 g/mol. The summed E-state index contributed by atoms with van der Waals surface area (Å²) in [7, 11) is 1.53. The van der Waals surface area contributed by atoms with Crippen molar-refractivity contribution >= 4 is 23.4 Å². The molecule has 4 nitrogen and oxygen atoms in total. The predicted molar refractivity (Wildman–Crippen MR) is 92.7 cm³/mol. The van der Waals surface area contributed by atoms with Gasteiger partial charge < -0.3 is 9.47 Å². The van der Waals surface area contributed by atoms with E-state index < -0.39 is 6.09 Å². The van der Waals surface area contributed by atoms with Crippen LogP contribution in [0.2, 0.25) is 5.02 Å². The molecule has 0 heterocycles. The van der Waals surface area contributed by atoms with Crippen molar-refractivity contribution < 1.29 is 14.3 Å². The molecule has 0 atom stereocenters. The minimum absolute atomic E-state index is 0.345. The van der Waals surface area contributed by atoms with Crippen LogP contribution < -0.4 is 14.8 Å². The fraction of sp³-hybridized carbons (Fsp3) is 0.167. The lowest BCUT2D eigenvalue weighted by molar-refractivity contribution is 0.213. The van der Waals surface area contributed by atoms with Crippen LogP contribution >= 0.6 is 11.6 Å². The van der Waals surface area contributed by atoms with Gasteiger partial charge in [0.05, 0.1) is 7.11 Å². The Balaban J connectivity index is 2.13. The van der Waals surface area contributed by atoms with E-state index in [2.05, 4.69) is 11.9 Å². The monoisotopic (exact) mass is 331 g/mol. The van der Waals surface area contributed by atoms with E-state index in [1.165, 1.54) is 7.11 Å². The Morgan fingerprint density at radius 2 is 2.09 bits per heavy atom. The van der Waals surface area contributed by atoms with E-state index in [9.17, 15) is 4.79 Å². The zero-order chi connectivity index (χ0) is 16.8. The lowest BCUT2D eigenvalue weighted by Crippen LogP contribution is -2.17. The highest BCUT2D eigenvalue weighted by Crippen LogP contribution is 2.29. The zero-order valence-corrected chi connectivity index (χ0v) is 13.8. The number of rotatable bonds is 5. The van der Waals surface area contributed by atoms with Gasteiger partial charge in [0.2, 0.25) is 0 Å². The quantitative estimate of drug-likeness (QED) is 0.784. The molecule has 2 rings (SSSR count). The maximum Gasteiger partial charge on any atom is 0.417 e. The van der Waals surface area contributed by atoms with Crippen LogP contribution in [0.3, 0.4) is 0 Å². The molecule has 120 valence electrons. The average molecular weight is 332 g/mol. The first kappa shape index (κ1) is 16.9. The third-order valence-electron chi connectivity index (χ3n) is 3.32. The second kappa shape index (κ2) is 7.70. The number of benzene rings is 2. The number of carbonyl (C=O) groups excluding carboxylic acids is 1. The number of hydrogen-bond donors (Lipinski definition) is 1. The third kappa shape index (κ3) is 4.27. The van der Waals surface area contributed by atoms with Gasteiger partial charge >= 0.3 is 6.09 Å². The number of carbonyl (C=O) groups is 1. The van der Waals surface area contributed by atoms with Crippen molar-refractivity contribution in [3.8, 4) is 11.5 Å². The van der Waals surface area contributed by atoms with E-state index in [-0.39, 0.29) is 0 Å². The number of methoxy groups -OCH3 is 1. The summed E-state index contributed by atoms with van der Waals surface area (Å²) in [6.07, 6.45) is 1.90. The Hall–Kier alpha value is -2.46. The predicted octanol–water partition coefficient (Wildman–Crippen LogP) is 5.00. The van der Waals surface area contributed by atoms with Crippen molar-refractivity contribution in [2.75, 3.05) is 12.4 Å². The molecule has 0 unspecified atom stereocenters. The number of hydrogen-bond acceptors (Lipinski definition) is 3. The summed E-state index contributed by atoms with van der Waals surface area (Å²) >= 11 is 6.03. The van der Waals surface area contributed by atoms with Crippen molar-refractivity contribution in [2.45, 2.75) is 13.3 Å². The second-order valence-corrected chi connectivity index (χ2v) is 5.31. The first-order valence-electron chi connectivity index (χ1n) is 7.07. The first-order valence-corrected chi connectivity index (χ1v) is 7.44. The van der Waals surface area contributed by atoms with Gasteiger partial charge in [-0.25, -0.2) is 4.79 Å². The van der Waals surface area contributed by atoms with Gasteiger partial charge in [-0.2, -0.15) is 0 Å². The largest absolute Gasteiger partial charge is 0.493 e. The number of ether oxygens (including phenoxy) is 2. The van der Waals surface area contributed by atoms with Crippen molar-refractivity contribution in [1.29, 1.82) is 0 Å². The van der Waals surface area contributed by atoms with Crippen molar-refractivity contribution in [3.63, 3.8) is 0 Å². The van der Waals surface area contributed by atoms with E-state index in [0.717, 1.165) is 11.1 Å². The van der Waals surface area contributed by atoms with Crippen molar-refractivity contribution in [2.24, 2.45) is 0 Å². The first-order chi connectivity index (χ1) is 11.0. The molecule has 2 aromatic rings. The van der Waals surface area contributed by atoms with Crippen LogP contribution in [-0.4, -0.2) is 13.2 Å². The summed E-state index contributed by atoms with van der Waals surface area (Å²) in [6.45, 7) is 5.52. The minimum Gasteiger partial charge on any atom is -0.493 e. The Morgan fingerprint density at radius 3 is 2.78 bits per heavy atom. The molecule has 0 aliphatic heterocycles. The molecule has 0 aliphatic carbocycles. The highest BCUT2D eigenvalue weighted by molar-refractivity contribution is 6.31. The van der Waals surface area contributed by atoms with Crippen LogP contribution in [0.1, 0.15) is 11.1 Å². The lowest BCUT2D eigenvalue weighted by Gasteiger charge is -2.12. The molecule has 5 heteroatoms. The molecule has 23 heavy (non-hydrogen) atoms. The molecule has 2 aromatic carbocycles. The number of nitrogens with one attached hydrogen (secondary N) is 1. The normalized spacial score (nSPS) is 10.0. The molecule has 1 N–H and O–H groups in total. The van der Waals surface area contributed by atoms with Gasteiger partial charge in [-0.1, -0.05) is 29.8 Å². The second-order valence-electron chi connectivity index (χ2n) is 4.90. The Kier molecular flexibility index (Phi) is 5.66. The fourth-order valence-corrected chi connectivity index (χ4v) is 2.24. The molecule has 0 saturated heterocycles. The molecule has 1 amide bonds. The SMILES string of the molecule is C=CCc1ccc(OC(=O)Nc2cccc(Cl)c2C)c(OC)c1.